The fourth-order valence-electron chi connectivity index (χ4n) is 5.82. The van der Waals surface area contributed by atoms with Gasteiger partial charge in [-0.05, 0) is 75.7 Å². The summed E-state index contributed by atoms with van der Waals surface area (Å²) in [4.78, 5) is 12.9. The Labute approximate surface area is 127 Å². The van der Waals surface area contributed by atoms with Crippen LogP contribution in [0.25, 0.3) is 0 Å². The molecule has 4 fully saturated rings. The summed E-state index contributed by atoms with van der Waals surface area (Å²) in [5.74, 6) is 4.18. The maximum atomic E-state index is 12.9. The normalized spacial score (nSPS) is 37.0. The number of carbonyl (C=O) groups is 1. The average Bonchev–Trinajstić information content (AvgIpc) is 2.35. The summed E-state index contributed by atoms with van der Waals surface area (Å²) in [6, 6.07) is 2.17. The Hall–Kier alpha value is -1.18. The van der Waals surface area contributed by atoms with E-state index in [9.17, 15) is 4.79 Å². The fourth-order valence-corrected chi connectivity index (χ4v) is 5.82. The molecule has 2 nitrogen and oxygen atoms in total. The number of ketones is 1. The fraction of sp³-hybridized carbons (Fsp3) is 0.684. The van der Waals surface area contributed by atoms with Crippen LogP contribution in [-0.2, 0) is 11.3 Å². The van der Waals surface area contributed by atoms with E-state index in [0.717, 1.165) is 11.8 Å². The van der Waals surface area contributed by atoms with Crippen LogP contribution in [0.5, 0.6) is 0 Å². The minimum absolute atomic E-state index is 0.367. The molecule has 0 aromatic carbocycles. The Bertz CT molecular complexity index is 529. The van der Waals surface area contributed by atoms with Crippen molar-refractivity contribution in [2.75, 3.05) is 0 Å². The maximum Gasteiger partial charge on any atom is 0.206 e. The summed E-state index contributed by atoms with van der Waals surface area (Å²) in [5.41, 5.74) is 2.49. The third kappa shape index (κ3) is 2.43. The van der Waals surface area contributed by atoms with Crippen molar-refractivity contribution in [3.05, 3.63) is 29.6 Å². The molecule has 4 saturated carbocycles. The molecule has 112 valence electrons. The molecule has 21 heavy (non-hydrogen) atoms. The highest BCUT2D eigenvalue weighted by Crippen LogP contribution is 2.56. The first-order valence-corrected chi connectivity index (χ1v) is 8.58. The number of hydrogen-bond donors (Lipinski definition) is 0. The van der Waals surface area contributed by atoms with E-state index in [4.69, 9.17) is 0 Å². The maximum absolute atomic E-state index is 12.9. The van der Waals surface area contributed by atoms with Crippen molar-refractivity contribution in [1.82, 2.24) is 0 Å². The predicted molar refractivity (Wildman–Crippen MR) is 81.7 cm³/mol. The molecular formula is C19H26NO+. The standard InChI is InChI=1S/C19H26NO/c1-12-3-13(2)10-20(9-12)11-18(21)19-16-5-14-4-15(7-16)8-17(19)6-14/h3,9-10,14-17,19H,4-8,11H2,1-2H3/q+1. The van der Waals surface area contributed by atoms with Crippen LogP contribution in [-0.4, -0.2) is 5.78 Å². The van der Waals surface area contributed by atoms with Crippen molar-refractivity contribution in [3.8, 4) is 0 Å². The first-order chi connectivity index (χ1) is 10.1. The highest BCUT2D eigenvalue weighted by molar-refractivity contribution is 5.80. The van der Waals surface area contributed by atoms with Crippen molar-refractivity contribution in [3.63, 3.8) is 0 Å². The smallest absolute Gasteiger partial charge is 0.206 e. The average molecular weight is 284 g/mol. The van der Waals surface area contributed by atoms with Gasteiger partial charge in [-0.15, -0.1) is 0 Å². The van der Waals surface area contributed by atoms with Crippen LogP contribution in [0.3, 0.4) is 0 Å². The lowest BCUT2D eigenvalue weighted by Gasteiger charge is -2.53. The third-order valence-electron chi connectivity index (χ3n) is 6.13. The number of hydrogen-bond acceptors (Lipinski definition) is 1. The van der Waals surface area contributed by atoms with E-state index < -0.39 is 0 Å². The van der Waals surface area contributed by atoms with Crippen LogP contribution < -0.4 is 4.57 Å². The molecule has 0 unspecified atom stereocenters. The van der Waals surface area contributed by atoms with Gasteiger partial charge in [0.15, 0.2) is 12.4 Å². The summed E-state index contributed by atoms with van der Waals surface area (Å²) >= 11 is 0. The zero-order valence-electron chi connectivity index (χ0n) is 13.2. The number of carbonyl (C=O) groups excluding carboxylic acids is 1. The van der Waals surface area contributed by atoms with Gasteiger partial charge in [0.2, 0.25) is 12.3 Å². The summed E-state index contributed by atoms with van der Waals surface area (Å²) in [6.45, 7) is 4.79. The summed E-state index contributed by atoms with van der Waals surface area (Å²) in [5, 5.41) is 0. The monoisotopic (exact) mass is 284 g/mol. The quantitative estimate of drug-likeness (QED) is 0.781. The lowest BCUT2D eigenvalue weighted by Crippen LogP contribution is -2.51. The third-order valence-corrected chi connectivity index (χ3v) is 6.13. The molecule has 0 atom stereocenters. The zero-order chi connectivity index (χ0) is 14.6. The largest absolute Gasteiger partial charge is 0.292 e. The van der Waals surface area contributed by atoms with Gasteiger partial charge in [-0.2, -0.15) is 4.57 Å². The lowest BCUT2D eigenvalue weighted by atomic mass is 9.51. The molecule has 0 N–H and O–H groups in total. The van der Waals surface area contributed by atoms with Gasteiger partial charge >= 0.3 is 0 Å². The number of rotatable bonds is 3. The van der Waals surface area contributed by atoms with Crippen LogP contribution in [0.4, 0.5) is 0 Å². The van der Waals surface area contributed by atoms with Crippen LogP contribution >= 0.6 is 0 Å². The van der Waals surface area contributed by atoms with E-state index in [0.29, 0.717) is 30.1 Å². The molecule has 0 saturated heterocycles. The molecule has 0 aliphatic heterocycles. The second kappa shape index (κ2) is 4.93. The molecule has 0 radical (unpaired) electrons. The van der Waals surface area contributed by atoms with E-state index in [-0.39, 0.29) is 0 Å². The molecule has 1 aromatic rings. The van der Waals surface area contributed by atoms with Crippen molar-refractivity contribution in [2.24, 2.45) is 29.6 Å². The van der Waals surface area contributed by atoms with Crippen molar-refractivity contribution < 1.29 is 9.36 Å². The highest BCUT2D eigenvalue weighted by Gasteiger charge is 2.51. The van der Waals surface area contributed by atoms with Gasteiger partial charge in [-0.1, -0.05) is 0 Å². The van der Waals surface area contributed by atoms with E-state index in [1.165, 1.54) is 43.2 Å². The molecule has 1 heterocycles. The van der Waals surface area contributed by atoms with E-state index in [1.807, 2.05) is 0 Å². The molecule has 4 aliphatic carbocycles. The second-order valence-electron chi connectivity index (χ2n) is 7.99. The van der Waals surface area contributed by atoms with Gasteiger partial charge < -0.3 is 0 Å². The summed E-state index contributed by atoms with van der Waals surface area (Å²) in [7, 11) is 0. The first-order valence-electron chi connectivity index (χ1n) is 8.58. The van der Waals surface area contributed by atoms with Gasteiger partial charge in [0.05, 0.1) is 0 Å². The van der Waals surface area contributed by atoms with Gasteiger partial charge in [-0.3, -0.25) is 4.79 Å². The Morgan fingerprint density at radius 2 is 1.52 bits per heavy atom. The van der Waals surface area contributed by atoms with E-state index >= 15 is 0 Å². The number of pyridine rings is 1. The predicted octanol–water partition coefficient (Wildman–Crippen LogP) is 3.23. The van der Waals surface area contributed by atoms with E-state index in [2.05, 4.69) is 36.9 Å². The molecule has 2 heteroatoms. The van der Waals surface area contributed by atoms with Gasteiger partial charge in [-0.25, -0.2) is 0 Å². The Kier molecular flexibility index (Phi) is 3.16. The SMILES string of the molecule is Cc1cc(C)c[n+](CC(=O)C2C3CC4CC(C3)CC2C4)c1. The molecule has 4 aliphatic rings. The number of aryl methyl sites for hydroxylation is 2. The topological polar surface area (TPSA) is 20.9 Å². The van der Waals surface area contributed by atoms with Crippen molar-refractivity contribution >= 4 is 5.78 Å². The summed E-state index contributed by atoms with van der Waals surface area (Å²) < 4.78 is 2.11. The zero-order valence-corrected chi connectivity index (χ0v) is 13.2. The van der Waals surface area contributed by atoms with Crippen LogP contribution in [0.15, 0.2) is 18.5 Å². The molecule has 5 rings (SSSR count). The van der Waals surface area contributed by atoms with Gasteiger partial charge in [0.1, 0.15) is 0 Å². The Balaban J connectivity index is 1.52. The number of nitrogens with zero attached hydrogens (tertiary/aromatic N) is 1. The van der Waals surface area contributed by atoms with Crippen LogP contribution in [0.1, 0.15) is 43.2 Å². The van der Waals surface area contributed by atoms with Crippen LogP contribution in [0.2, 0.25) is 0 Å². The van der Waals surface area contributed by atoms with Crippen molar-refractivity contribution in [1.29, 1.82) is 0 Å². The highest BCUT2D eigenvalue weighted by atomic mass is 16.1. The van der Waals surface area contributed by atoms with Crippen molar-refractivity contribution in [2.45, 2.75) is 52.5 Å². The summed E-state index contributed by atoms with van der Waals surface area (Å²) in [6.07, 6.45) is 11.0. The minimum Gasteiger partial charge on any atom is -0.292 e. The van der Waals surface area contributed by atoms with Gasteiger partial charge in [0.25, 0.3) is 0 Å². The number of aromatic nitrogens is 1. The Morgan fingerprint density at radius 3 is 2.05 bits per heavy atom. The van der Waals surface area contributed by atoms with Crippen LogP contribution in [0, 0.1) is 43.4 Å². The van der Waals surface area contributed by atoms with Gasteiger partial charge in [0, 0.05) is 17.0 Å². The Morgan fingerprint density at radius 1 is 1.00 bits per heavy atom. The molecule has 0 spiro atoms. The molecular weight excluding hydrogens is 258 g/mol. The molecule has 4 bridgehead atoms. The minimum atomic E-state index is 0.367. The second-order valence-corrected chi connectivity index (χ2v) is 7.99. The number of Topliss-reactive ketones (excluding diaryl/α,β-unsaturated/α-hetero) is 1. The lowest BCUT2D eigenvalue weighted by molar-refractivity contribution is -0.685. The van der Waals surface area contributed by atoms with E-state index in [1.54, 1.807) is 0 Å². The molecule has 1 aromatic heterocycles. The first kappa shape index (κ1) is 13.5. The molecule has 0 amide bonds.